The molecule has 3 heterocycles. The molecule has 8 heteroatoms. The van der Waals surface area contributed by atoms with Gasteiger partial charge < -0.3 is 5.32 Å². The molecule has 3 aliphatic rings. The molecule has 2 aromatic rings. The fourth-order valence-electron chi connectivity index (χ4n) is 4.17. The predicted molar refractivity (Wildman–Crippen MR) is 104 cm³/mol. The molecule has 2 bridgehead atoms. The predicted octanol–water partition coefficient (Wildman–Crippen LogP) is 2.75. The molecular weight excluding hydrogens is 389 g/mol. The van der Waals surface area contributed by atoms with Crippen LogP contribution in [0.15, 0.2) is 36.4 Å². The summed E-state index contributed by atoms with van der Waals surface area (Å²) < 4.78 is 41.4. The van der Waals surface area contributed by atoms with Crippen molar-refractivity contribution >= 4 is 21.6 Å². The van der Waals surface area contributed by atoms with Crippen molar-refractivity contribution in [2.45, 2.75) is 37.4 Å². The highest BCUT2D eigenvalue weighted by molar-refractivity contribution is 7.88. The Kier molecular flexibility index (Phi) is 4.96. The quantitative estimate of drug-likeness (QED) is 0.745. The van der Waals surface area contributed by atoms with E-state index in [4.69, 9.17) is 11.6 Å². The van der Waals surface area contributed by atoms with Crippen molar-refractivity contribution in [1.29, 1.82) is 0 Å². The van der Waals surface area contributed by atoms with E-state index in [1.807, 2.05) is 0 Å². The van der Waals surface area contributed by atoms with Crippen LogP contribution in [0.2, 0.25) is 5.15 Å². The smallest absolute Gasteiger partial charge is 0.209 e. The molecule has 2 atom stereocenters. The third-order valence-electron chi connectivity index (χ3n) is 5.43. The van der Waals surface area contributed by atoms with E-state index in [1.165, 1.54) is 6.26 Å². The monoisotopic (exact) mass is 409 g/mol. The van der Waals surface area contributed by atoms with Crippen LogP contribution >= 0.6 is 11.6 Å². The summed E-state index contributed by atoms with van der Waals surface area (Å²) in [5.41, 5.74) is 1.41. The van der Waals surface area contributed by atoms with Gasteiger partial charge in [-0.2, -0.15) is 0 Å². The first-order valence-corrected chi connectivity index (χ1v) is 11.2. The first kappa shape index (κ1) is 18.8. The molecule has 1 saturated carbocycles. The highest BCUT2D eigenvalue weighted by Crippen LogP contribution is 2.38. The molecule has 0 amide bonds. The Labute approximate surface area is 163 Å². The molecule has 1 aromatic carbocycles. The molecule has 2 aliphatic heterocycles. The molecule has 0 unspecified atom stereocenters. The maximum absolute atomic E-state index is 15.2. The number of nitrogens with one attached hydrogen (secondary N) is 2. The number of piperidine rings is 2. The first-order chi connectivity index (χ1) is 12.8. The second-order valence-electron chi connectivity index (χ2n) is 7.45. The van der Waals surface area contributed by atoms with Crippen molar-refractivity contribution in [2.24, 2.45) is 5.92 Å². The van der Waals surface area contributed by atoms with E-state index < -0.39 is 10.0 Å². The van der Waals surface area contributed by atoms with Gasteiger partial charge in [0.1, 0.15) is 11.0 Å². The summed E-state index contributed by atoms with van der Waals surface area (Å²) in [5, 5.41) is 3.78. The SMILES string of the molecule is CS(=O)(=O)N[C@H]1C2CC(C2)N[C@H]1Cc1cccc(-c2cccc(Cl)n2)c1F. The zero-order valence-electron chi connectivity index (χ0n) is 14.8. The van der Waals surface area contributed by atoms with Gasteiger partial charge in [-0.3, -0.25) is 0 Å². The second-order valence-corrected chi connectivity index (χ2v) is 9.61. The maximum atomic E-state index is 15.2. The molecule has 27 heavy (non-hydrogen) atoms. The molecule has 3 fully saturated rings. The Balaban J connectivity index is 1.61. The summed E-state index contributed by atoms with van der Waals surface area (Å²) in [6, 6.07) is 10.3. The lowest BCUT2D eigenvalue weighted by molar-refractivity contribution is 0.0809. The molecule has 5 nitrogen and oxygen atoms in total. The van der Waals surface area contributed by atoms with Gasteiger partial charge in [0.25, 0.3) is 0 Å². The van der Waals surface area contributed by atoms with E-state index in [1.54, 1.807) is 36.4 Å². The lowest BCUT2D eigenvalue weighted by Crippen LogP contribution is -2.67. The molecule has 1 aliphatic carbocycles. The zero-order valence-corrected chi connectivity index (χ0v) is 16.4. The third-order valence-corrected chi connectivity index (χ3v) is 6.34. The Morgan fingerprint density at radius 3 is 2.70 bits per heavy atom. The van der Waals surface area contributed by atoms with Crippen molar-refractivity contribution in [2.75, 3.05) is 6.26 Å². The van der Waals surface area contributed by atoms with E-state index in [-0.39, 0.29) is 17.9 Å². The minimum Gasteiger partial charge on any atom is -0.309 e. The highest BCUT2D eigenvalue weighted by atomic mass is 35.5. The van der Waals surface area contributed by atoms with Gasteiger partial charge in [-0.1, -0.05) is 29.8 Å². The number of halogens is 2. The van der Waals surface area contributed by atoms with E-state index in [0.29, 0.717) is 40.4 Å². The molecule has 5 rings (SSSR count). The minimum absolute atomic E-state index is 0.144. The van der Waals surface area contributed by atoms with Crippen molar-refractivity contribution in [3.05, 3.63) is 52.9 Å². The van der Waals surface area contributed by atoms with Crippen LogP contribution in [0.1, 0.15) is 18.4 Å². The number of nitrogens with zero attached hydrogens (tertiary/aromatic N) is 1. The molecule has 2 saturated heterocycles. The van der Waals surface area contributed by atoms with E-state index in [2.05, 4.69) is 15.0 Å². The van der Waals surface area contributed by atoms with Crippen LogP contribution in [-0.4, -0.2) is 37.8 Å². The van der Waals surface area contributed by atoms with Gasteiger partial charge in [0.2, 0.25) is 10.0 Å². The van der Waals surface area contributed by atoms with Gasteiger partial charge in [-0.15, -0.1) is 0 Å². The van der Waals surface area contributed by atoms with Crippen LogP contribution in [0.3, 0.4) is 0 Å². The second kappa shape index (κ2) is 7.13. The van der Waals surface area contributed by atoms with E-state index in [0.717, 1.165) is 12.8 Å². The van der Waals surface area contributed by atoms with Crippen molar-refractivity contribution in [1.82, 2.24) is 15.0 Å². The number of hydrogen-bond donors (Lipinski definition) is 2. The molecule has 0 spiro atoms. The molecule has 2 N–H and O–H groups in total. The van der Waals surface area contributed by atoms with Crippen molar-refractivity contribution in [3.63, 3.8) is 0 Å². The third kappa shape index (κ3) is 4.01. The first-order valence-electron chi connectivity index (χ1n) is 8.94. The highest BCUT2D eigenvalue weighted by Gasteiger charge is 2.46. The Morgan fingerprint density at radius 2 is 2.00 bits per heavy atom. The largest absolute Gasteiger partial charge is 0.309 e. The topological polar surface area (TPSA) is 71.1 Å². The van der Waals surface area contributed by atoms with Crippen molar-refractivity contribution in [3.8, 4) is 11.3 Å². The van der Waals surface area contributed by atoms with E-state index in [9.17, 15) is 8.42 Å². The average molecular weight is 410 g/mol. The summed E-state index contributed by atoms with van der Waals surface area (Å²) in [6.07, 6.45) is 3.48. The summed E-state index contributed by atoms with van der Waals surface area (Å²) in [6.45, 7) is 0. The lowest BCUT2D eigenvalue weighted by atomic mass is 9.68. The van der Waals surface area contributed by atoms with Crippen LogP contribution in [0.4, 0.5) is 4.39 Å². The number of benzene rings is 1. The zero-order chi connectivity index (χ0) is 19.2. The van der Waals surface area contributed by atoms with Crippen LogP contribution < -0.4 is 10.0 Å². The van der Waals surface area contributed by atoms with Gasteiger partial charge in [0.15, 0.2) is 0 Å². The molecule has 1 aromatic heterocycles. The van der Waals surface area contributed by atoms with Gasteiger partial charge in [-0.25, -0.2) is 22.5 Å². The number of hydrogen-bond acceptors (Lipinski definition) is 4. The van der Waals surface area contributed by atoms with Gasteiger partial charge >= 0.3 is 0 Å². The fourth-order valence-corrected chi connectivity index (χ4v) is 5.18. The van der Waals surface area contributed by atoms with E-state index >= 15 is 4.39 Å². The van der Waals surface area contributed by atoms with Crippen LogP contribution in [0.5, 0.6) is 0 Å². The van der Waals surface area contributed by atoms with Crippen LogP contribution in [-0.2, 0) is 16.4 Å². The summed E-state index contributed by atoms with van der Waals surface area (Å²) in [4.78, 5) is 4.19. The summed E-state index contributed by atoms with van der Waals surface area (Å²) >= 11 is 5.94. The van der Waals surface area contributed by atoms with Gasteiger partial charge in [0.05, 0.1) is 11.9 Å². The molecule has 144 valence electrons. The summed E-state index contributed by atoms with van der Waals surface area (Å²) in [5.74, 6) is -0.0387. The van der Waals surface area contributed by atoms with Gasteiger partial charge in [-0.05, 0) is 48.9 Å². The number of fused-ring (bicyclic) bond motifs is 2. The minimum atomic E-state index is -3.33. The lowest BCUT2D eigenvalue weighted by Gasteiger charge is -2.52. The molecule has 0 radical (unpaired) electrons. The number of sulfonamides is 1. The fraction of sp³-hybridized carbons (Fsp3) is 0.421. The molecular formula is C19H21ClFN3O2S. The summed E-state index contributed by atoms with van der Waals surface area (Å²) in [7, 11) is -3.33. The average Bonchev–Trinajstić information content (AvgIpc) is 2.55. The van der Waals surface area contributed by atoms with Crippen LogP contribution in [0, 0.1) is 11.7 Å². The normalized spacial score (nSPS) is 27.2. The van der Waals surface area contributed by atoms with Crippen LogP contribution in [0.25, 0.3) is 11.3 Å². The Hall–Kier alpha value is -1.54. The maximum Gasteiger partial charge on any atom is 0.209 e. The number of pyridine rings is 1. The van der Waals surface area contributed by atoms with Gasteiger partial charge in [0, 0.05) is 23.7 Å². The van der Waals surface area contributed by atoms with Crippen molar-refractivity contribution < 1.29 is 12.8 Å². The standard InChI is InChI=1S/C19H21ClFN3O2S/c1-27(25,26)24-19-12-8-13(9-12)22-16(19)10-11-4-2-5-14(18(11)21)15-6-3-7-17(20)23-15/h2-7,12-13,16,19,22,24H,8-10H2,1H3/t12?,13?,16-,19-/m0/s1. The number of aromatic nitrogens is 1. The Morgan fingerprint density at radius 1 is 1.26 bits per heavy atom. The number of rotatable bonds is 5. The Bertz CT molecular complexity index is 963.